The van der Waals surface area contributed by atoms with Crippen molar-refractivity contribution >= 4 is 6.29 Å². The minimum atomic E-state index is 0.303. The van der Waals surface area contributed by atoms with Crippen LogP contribution in [0.25, 0.3) is 0 Å². The molecule has 1 aliphatic carbocycles. The molecule has 0 amide bonds. The van der Waals surface area contributed by atoms with Gasteiger partial charge < -0.3 is 0 Å². The van der Waals surface area contributed by atoms with E-state index >= 15 is 0 Å². The maximum Gasteiger partial charge on any atom is 0.172 e. The highest BCUT2D eigenvalue weighted by Crippen LogP contribution is 2.30. The van der Waals surface area contributed by atoms with Crippen molar-refractivity contribution in [1.29, 1.82) is 0 Å². The van der Waals surface area contributed by atoms with Gasteiger partial charge in [-0.2, -0.15) is 0 Å². The number of rotatable bonds is 3. The van der Waals surface area contributed by atoms with Gasteiger partial charge in [-0.1, -0.05) is 38.3 Å². The quantitative estimate of drug-likeness (QED) is 0.737. The van der Waals surface area contributed by atoms with Crippen molar-refractivity contribution in [3.05, 3.63) is 11.4 Å². The second-order valence-electron chi connectivity index (χ2n) is 4.87. The lowest BCUT2D eigenvalue weighted by molar-refractivity contribution is 0.111. The highest BCUT2D eigenvalue weighted by molar-refractivity contribution is 5.73. The summed E-state index contributed by atoms with van der Waals surface area (Å²) in [4.78, 5) is 10.9. The summed E-state index contributed by atoms with van der Waals surface area (Å²) in [6.45, 7) is 4.18. The fourth-order valence-corrected chi connectivity index (χ4v) is 2.55. The minimum absolute atomic E-state index is 0.303. The van der Waals surface area contributed by atoms with Crippen LogP contribution >= 0.6 is 0 Å². The number of nitrogens with zero attached hydrogens (tertiary/aromatic N) is 3. The second kappa shape index (κ2) is 4.76. The van der Waals surface area contributed by atoms with Gasteiger partial charge in [-0.3, -0.25) is 4.79 Å². The van der Waals surface area contributed by atoms with E-state index in [2.05, 4.69) is 24.2 Å². The van der Waals surface area contributed by atoms with E-state index < -0.39 is 0 Å². The van der Waals surface area contributed by atoms with Crippen LogP contribution in [0.3, 0.4) is 0 Å². The van der Waals surface area contributed by atoms with E-state index in [0.29, 0.717) is 17.7 Å². The monoisotopic (exact) mass is 221 g/mol. The van der Waals surface area contributed by atoms with Crippen molar-refractivity contribution in [3.8, 4) is 0 Å². The van der Waals surface area contributed by atoms with E-state index in [1.54, 1.807) is 0 Å². The smallest absolute Gasteiger partial charge is 0.172 e. The zero-order valence-corrected chi connectivity index (χ0v) is 10.0. The van der Waals surface area contributed by atoms with Gasteiger partial charge in [0.05, 0.1) is 11.7 Å². The van der Waals surface area contributed by atoms with Gasteiger partial charge in [0, 0.05) is 0 Å². The SMILES string of the molecule is CC(C)c1c(C=O)nnn1C1CCCCC1. The summed E-state index contributed by atoms with van der Waals surface area (Å²) in [6, 6.07) is 0.451. The first-order valence-electron chi connectivity index (χ1n) is 6.14. The van der Waals surface area contributed by atoms with Gasteiger partial charge in [-0.05, 0) is 18.8 Å². The Morgan fingerprint density at radius 3 is 2.56 bits per heavy atom. The number of hydrogen-bond acceptors (Lipinski definition) is 3. The molecule has 16 heavy (non-hydrogen) atoms. The summed E-state index contributed by atoms with van der Waals surface area (Å²) in [5, 5.41) is 8.14. The molecular formula is C12H19N3O. The molecular weight excluding hydrogens is 202 g/mol. The molecule has 1 aromatic rings. The molecule has 1 heterocycles. The second-order valence-corrected chi connectivity index (χ2v) is 4.87. The number of hydrogen-bond donors (Lipinski definition) is 0. The molecule has 0 N–H and O–H groups in total. The largest absolute Gasteiger partial charge is 0.296 e. The van der Waals surface area contributed by atoms with E-state index in [0.717, 1.165) is 12.0 Å². The predicted octanol–water partition coefficient (Wildman–Crippen LogP) is 2.72. The number of carbonyl (C=O) groups excluding carboxylic acids is 1. The zero-order valence-electron chi connectivity index (χ0n) is 10.0. The van der Waals surface area contributed by atoms with Crippen molar-refractivity contribution in [1.82, 2.24) is 15.0 Å². The Balaban J connectivity index is 2.31. The highest BCUT2D eigenvalue weighted by atomic mass is 16.1. The molecule has 0 radical (unpaired) electrons. The lowest BCUT2D eigenvalue weighted by Crippen LogP contribution is -2.17. The third-order valence-corrected chi connectivity index (χ3v) is 3.34. The van der Waals surface area contributed by atoms with Gasteiger partial charge in [0.1, 0.15) is 5.69 Å². The Kier molecular flexibility index (Phi) is 3.36. The van der Waals surface area contributed by atoms with Crippen molar-refractivity contribution < 1.29 is 4.79 Å². The van der Waals surface area contributed by atoms with Crippen molar-refractivity contribution in [2.45, 2.75) is 57.9 Å². The molecule has 1 aliphatic rings. The highest BCUT2D eigenvalue weighted by Gasteiger charge is 2.23. The molecule has 4 nitrogen and oxygen atoms in total. The van der Waals surface area contributed by atoms with Crippen LogP contribution in [0.5, 0.6) is 0 Å². The molecule has 0 atom stereocenters. The van der Waals surface area contributed by atoms with Gasteiger partial charge in [0.2, 0.25) is 0 Å². The number of carbonyl (C=O) groups is 1. The zero-order chi connectivity index (χ0) is 11.5. The van der Waals surface area contributed by atoms with Crippen molar-refractivity contribution in [2.75, 3.05) is 0 Å². The van der Waals surface area contributed by atoms with Gasteiger partial charge in [0.25, 0.3) is 0 Å². The minimum Gasteiger partial charge on any atom is -0.296 e. The standard InChI is InChI=1S/C12H19N3O/c1-9(2)12-11(8-16)13-14-15(12)10-6-4-3-5-7-10/h8-10H,3-7H2,1-2H3. The summed E-state index contributed by atoms with van der Waals surface area (Å²) < 4.78 is 1.99. The number of aldehydes is 1. The predicted molar refractivity (Wildman–Crippen MR) is 61.6 cm³/mol. The topological polar surface area (TPSA) is 47.8 Å². The molecule has 4 heteroatoms. The Morgan fingerprint density at radius 1 is 1.31 bits per heavy atom. The van der Waals surface area contributed by atoms with Gasteiger partial charge >= 0.3 is 0 Å². The van der Waals surface area contributed by atoms with Crippen LogP contribution in [0.1, 0.15) is 74.1 Å². The van der Waals surface area contributed by atoms with Gasteiger partial charge in [0.15, 0.2) is 6.29 Å². The molecule has 0 aromatic carbocycles. The average molecular weight is 221 g/mol. The maximum absolute atomic E-state index is 10.9. The Bertz CT molecular complexity index is 364. The molecule has 1 aromatic heterocycles. The third kappa shape index (κ3) is 2.01. The normalized spacial score (nSPS) is 17.9. The first kappa shape index (κ1) is 11.3. The lowest BCUT2D eigenvalue weighted by atomic mass is 9.95. The molecule has 1 saturated carbocycles. The number of aromatic nitrogens is 3. The first-order chi connectivity index (χ1) is 7.74. The van der Waals surface area contributed by atoms with Crippen LogP contribution in [0, 0.1) is 0 Å². The summed E-state index contributed by atoms with van der Waals surface area (Å²) in [6.07, 6.45) is 7.00. The van der Waals surface area contributed by atoms with Gasteiger partial charge in [-0.25, -0.2) is 4.68 Å². The van der Waals surface area contributed by atoms with Crippen molar-refractivity contribution in [3.63, 3.8) is 0 Å². The lowest BCUT2D eigenvalue weighted by Gasteiger charge is -2.24. The molecule has 0 spiro atoms. The molecule has 88 valence electrons. The molecule has 0 aliphatic heterocycles. The van der Waals surface area contributed by atoms with E-state index in [1.807, 2.05) is 4.68 Å². The third-order valence-electron chi connectivity index (χ3n) is 3.34. The van der Waals surface area contributed by atoms with E-state index in [4.69, 9.17) is 0 Å². The molecule has 0 bridgehead atoms. The Labute approximate surface area is 96.0 Å². The molecule has 2 rings (SSSR count). The van der Waals surface area contributed by atoms with Crippen molar-refractivity contribution in [2.24, 2.45) is 0 Å². The van der Waals surface area contributed by atoms with Crippen LogP contribution in [-0.4, -0.2) is 21.3 Å². The van der Waals surface area contributed by atoms with E-state index in [9.17, 15) is 4.79 Å². The van der Waals surface area contributed by atoms with E-state index in [-0.39, 0.29) is 0 Å². The van der Waals surface area contributed by atoms with Gasteiger partial charge in [-0.15, -0.1) is 5.10 Å². The summed E-state index contributed by atoms with van der Waals surface area (Å²) >= 11 is 0. The van der Waals surface area contributed by atoms with Crippen LogP contribution < -0.4 is 0 Å². The maximum atomic E-state index is 10.9. The summed E-state index contributed by atoms with van der Waals surface area (Å²) in [5.41, 5.74) is 1.52. The Morgan fingerprint density at radius 2 is 2.00 bits per heavy atom. The Hall–Kier alpha value is -1.19. The average Bonchev–Trinajstić information content (AvgIpc) is 2.73. The fraction of sp³-hybridized carbons (Fsp3) is 0.750. The first-order valence-corrected chi connectivity index (χ1v) is 6.14. The molecule has 1 fully saturated rings. The van der Waals surface area contributed by atoms with Crippen LogP contribution in [0.15, 0.2) is 0 Å². The summed E-state index contributed by atoms with van der Waals surface area (Å²) in [7, 11) is 0. The van der Waals surface area contributed by atoms with Crippen LogP contribution in [-0.2, 0) is 0 Å². The molecule has 0 unspecified atom stereocenters. The van der Waals surface area contributed by atoms with Crippen LogP contribution in [0.4, 0.5) is 0 Å². The van der Waals surface area contributed by atoms with E-state index in [1.165, 1.54) is 32.1 Å². The fourth-order valence-electron chi connectivity index (χ4n) is 2.55. The molecule has 0 saturated heterocycles. The van der Waals surface area contributed by atoms with Crippen LogP contribution in [0.2, 0.25) is 0 Å². The summed E-state index contributed by atoms with van der Waals surface area (Å²) in [5.74, 6) is 0.303.